The van der Waals surface area contributed by atoms with Crippen LogP contribution in [-0.2, 0) is 18.8 Å². The summed E-state index contributed by atoms with van der Waals surface area (Å²) in [6.45, 7) is 5.17. The molecule has 4 aromatic rings. The van der Waals surface area contributed by atoms with Crippen LogP contribution in [0.2, 0.25) is 0 Å². The van der Waals surface area contributed by atoms with Crippen LogP contribution in [0.5, 0.6) is 0 Å². The average molecular weight is 398 g/mol. The predicted molar refractivity (Wildman–Crippen MR) is 111 cm³/mol. The second kappa shape index (κ2) is 7.67. The molecule has 3 heterocycles. The topological polar surface area (TPSA) is 101 Å². The minimum Gasteiger partial charge on any atom is -0.333 e. The summed E-state index contributed by atoms with van der Waals surface area (Å²) in [5.41, 5.74) is 2.03. The predicted octanol–water partition coefficient (Wildman–Crippen LogP) is 2.87. The molecule has 0 aliphatic heterocycles. The van der Waals surface area contributed by atoms with Gasteiger partial charge in [0.2, 0.25) is 0 Å². The van der Waals surface area contributed by atoms with Crippen molar-refractivity contribution in [2.45, 2.75) is 50.7 Å². The Morgan fingerprint density at radius 2 is 1.89 bits per heavy atom. The second-order valence-electron chi connectivity index (χ2n) is 6.56. The van der Waals surface area contributed by atoms with Gasteiger partial charge in [-0.25, -0.2) is 14.8 Å². The van der Waals surface area contributed by atoms with E-state index in [-0.39, 0.29) is 5.56 Å². The van der Waals surface area contributed by atoms with E-state index in [9.17, 15) is 9.59 Å². The van der Waals surface area contributed by atoms with E-state index >= 15 is 0 Å². The Morgan fingerprint density at radius 1 is 1.07 bits per heavy atom. The number of aryl methyl sites for hydroxylation is 2. The van der Waals surface area contributed by atoms with Crippen LogP contribution in [0.3, 0.4) is 0 Å². The smallest absolute Gasteiger partial charge is 0.330 e. The standard InChI is InChI=1S/C19H22N6O2S/c1-3-5-10-25-16-15(17(26)23-19(25)27)24(4-2)14(22-16)11-28-18-20-12-8-6-7-9-13(12)21-18/h6-9H,3-5,10-11H2,1-2H3,(H,20,21)(H,23,26,27). The van der Waals surface area contributed by atoms with E-state index in [1.54, 1.807) is 4.57 Å². The molecule has 0 bridgehead atoms. The van der Waals surface area contributed by atoms with Gasteiger partial charge in [0.15, 0.2) is 16.3 Å². The van der Waals surface area contributed by atoms with Gasteiger partial charge in [-0.1, -0.05) is 37.2 Å². The summed E-state index contributed by atoms with van der Waals surface area (Å²) in [4.78, 5) is 39.7. The highest BCUT2D eigenvalue weighted by molar-refractivity contribution is 7.98. The first-order chi connectivity index (χ1) is 13.6. The van der Waals surface area contributed by atoms with Crippen molar-refractivity contribution in [3.8, 4) is 0 Å². The molecule has 146 valence electrons. The van der Waals surface area contributed by atoms with Gasteiger partial charge in [0.1, 0.15) is 5.82 Å². The number of aromatic amines is 2. The average Bonchev–Trinajstić information content (AvgIpc) is 3.27. The number of H-pyrrole nitrogens is 2. The van der Waals surface area contributed by atoms with Crippen molar-refractivity contribution in [1.82, 2.24) is 29.1 Å². The summed E-state index contributed by atoms with van der Waals surface area (Å²) >= 11 is 1.53. The quantitative estimate of drug-likeness (QED) is 0.466. The molecule has 4 rings (SSSR count). The molecule has 0 aliphatic rings. The highest BCUT2D eigenvalue weighted by Gasteiger charge is 2.18. The number of unbranched alkanes of at least 4 members (excludes halogenated alkanes) is 1. The second-order valence-corrected chi connectivity index (χ2v) is 7.52. The molecule has 0 unspecified atom stereocenters. The maximum absolute atomic E-state index is 12.5. The molecule has 9 heteroatoms. The van der Waals surface area contributed by atoms with E-state index < -0.39 is 5.69 Å². The molecule has 2 N–H and O–H groups in total. The van der Waals surface area contributed by atoms with Crippen LogP contribution in [-0.4, -0.2) is 29.1 Å². The number of benzene rings is 1. The summed E-state index contributed by atoms with van der Waals surface area (Å²) in [5.74, 6) is 1.30. The molecule has 0 aliphatic carbocycles. The molecule has 0 saturated heterocycles. The van der Waals surface area contributed by atoms with E-state index in [2.05, 4.69) is 26.9 Å². The largest absolute Gasteiger partial charge is 0.333 e. The van der Waals surface area contributed by atoms with Gasteiger partial charge < -0.3 is 9.55 Å². The maximum atomic E-state index is 12.5. The Balaban J connectivity index is 1.72. The van der Waals surface area contributed by atoms with Gasteiger partial charge in [0.25, 0.3) is 5.56 Å². The zero-order valence-electron chi connectivity index (χ0n) is 15.9. The van der Waals surface area contributed by atoms with Crippen molar-refractivity contribution < 1.29 is 0 Å². The normalized spacial score (nSPS) is 11.6. The van der Waals surface area contributed by atoms with Crippen molar-refractivity contribution in [2.75, 3.05) is 0 Å². The molecule has 0 radical (unpaired) electrons. The van der Waals surface area contributed by atoms with E-state index in [1.165, 1.54) is 11.8 Å². The fourth-order valence-electron chi connectivity index (χ4n) is 3.32. The lowest BCUT2D eigenvalue weighted by Gasteiger charge is -2.06. The van der Waals surface area contributed by atoms with Crippen molar-refractivity contribution in [2.24, 2.45) is 0 Å². The van der Waals surface area contributed by atoms with Crippen LogP contribution in [0.25, 0.3) is 22.2 Å². The van der Waals surface area contributed by atoms with Crippen LogP contribution < -0.4 is 11.2 Å². The number of nitrogens with one attached hydrogen (secondary N) is 2. The Labute approximate surface area is 165 Å². The fourth-order valence-corrected chi connectivity index (χ4v) is 4.15. The van der Waals surface area contributed by atoms with Crippen LogP contribution in [0.1, 0.15) is 32.5 Å². The Bertz CT molecular complexity index is 1220. The number of fused-ring (bicyclic) bond motifs is 2. The molecule has 8 nitrogen and oxygen atoms in total. The summed E-state index contributed by atoms with van der Waals surface area (Å²) in [6.07, 6.45) is 1.80. The summed E-state index contributed by atoms with van der Waals surface area (Å²) in [7, 11) is 0. The van der Waals surface area contributed by atoms with Gasteiger partial charge in [-0.3, -0.25) is 14.3 Å². The van der Waals surface area contributed by atoms with Gasteiger partial charge in [-0.05, 0) is 25.5 Å². The number of imidazole rings is 2. The number of thioether (sulfide) groups is 1. The van der Waals surface area contributed by atoms with Gasteiger partial charge in [-0.15, -0.1) is 0 Å². The number of para-hydroxylation sites is 2. The third kappa shape index (κ3) is 3.26. The van der Waals surface area contributed by atoms with Gasteiger partial charge in [0, 0.05) is 13.1 Å². The Morgan fingerprint density at radius 3 is 2.64 bits per heavy atom. The minimum atomic E-state index is -0.400. The van der Waals surface area contributed by atoms with E-state index in [0.717, 1.165) is 34.9 Å². The SMILES string of the molecule is CCCCn1c(=O)[nH]c(=O)c2c1nc(CSc1nc3ccccc3[nH]1)n2CC. The number of hydrogen-bond donors (Lipinski definition) is 2. The first-order valence-corrected chi connectivity index (χ1v) is 10.4. The zero-order chi connectivity index (χ0) is 19.7. The minimum absolute atomic E-state index is 0.387. The van der Waals surface area contributed by atoms with Crippen LogP contribution in [0.15, 0.2) is 39.0 Å². The Hall–Kier alpha value is -2.81. The van der Waals surface area contributed by atoms with Crippen molar-refractivity contribution in [1.29, 1.82) is 0 Å². The van der Waals surface area contributed by atoms with Crippen molar-refractivity contribution in [3.05, 3.63) is 50.9 Å². The molecule has 0 spiro atoms. The van der Waals surface area contributed by atoms with Crippen LogP contribution >= 0.6 is 11.8 Å². The zero-order valence-corrected chi connectivity index (χ0v) is 16.7. The van der Waals surface area contributed by atoms with Gasteiger partial charge in [0.05, 0.1) is 16.8 Å². The molecular weight excluding hydrogens is 376 g/mol. The summed E-state index contributed by atoms with van der Waals surface area (Å²) in [5, 5.41) is 0.799. The first-order valence-electron chi connectivity index (χ1n) is 9.42. The lowest BCUT2D eigenvalue weighted by atomic mass is 10.3. The van der Waals surface area contributed by atoms with Gasteiger partial charge in [-0.2, -0.15) is 0 Å². The highest BCUT2D eigenvalue weighted by atomic mass is 32.2. The van der Waals surface area contributed by atoms with E-state index in [1.807, 2.05) is 35.8 Å². The lowest BCUT2D eigenvalue weighted by molar-refractivity contribution is 0.613. The Kier molecular flexibility index (Phi) is 5.08. The third-order valence-electron chi connectivity index (χ3n) is 4.72. The number of aromatic nitrogens is 6. The van der Waals surface area contributed by atoms with Crippen LogP contribution in [0.4, 0.5) is 0 Å². The molecule has 0 saturated carbocycles. The monoisotopic (exact) mass is 398 g/mol. The lowest BCUT2D eigenvalue weighted by Crippen LogP contribution is -2.31. The molecule has 3 aromatic heterocycles. The number of hydrogen-bond acceptors (Lipinski definition) is 5. The van der Waals surface area contributed by atoms with Crippen molar-refractivity contribution >= 4 is 34.0 Å². The van der Waals surface area contributed by atoms with E-state index in [4.69, 9.17) is 0 Å². The van der Waals surface area contributed by atoms with E-state index in [0.29, 0.717) is 30.0 Å². The highest BCUT2D eigenvalue weighted by Crippen LogP contribution is 2.24. The van der Waals surface area contributed by atoms with Crippen molar-refractivity contribution in [3.63, 3.8) is 0 Å². The summed E-state index contributed by atoms with van der Waals surface area (Å²) < 4.78 is 3.45. The maximum Gasteiger partial charge on any atom is 0.330 e. The third-order valence-corrected chi connectivity index (χ3v) is 5.59. The summed E-state index contributed by atoms with van der Waals surface area (Å²) in [6, 6.07) is 7.87. The first kappa shape index (κ1) is 18.5. The molecule has 0 amide bonds. The van der Waals surface area contributed by atoms with Gasteiger partial charge >= 0.3 is 5.69 Å². The van der Waals surface area contributed by atoms with Crippen LogP contribution in [0, 0.1) is 0 Å². The number of nitrogens with zero attached hydrogens (tertiary/aromatic N) is 4. The molecule has 28 heavy (non-hydrogen) atoms. The fraction of sp³-hybridized carbons (Fsp3) is 0.368. The molecule has 1 aromatic carbocycles. The molecule has 0 atom stereocenters. The number of rotatable bonds is 7. The molecular formula is C19H22N6O2S. The molecule has 0 fully saturated rings.